The number of Topliss-reactive ketones (excluding diaryl/α,β-unsaturated/α-hetero) is 2. The molecule has 3 unspecified atom stereocenters. The molecule has 1 aliphatic heterocycles. The maximum absolute atomic E-state index is 13.9. The molecule has 9 heteroatoms. The van der Waals surface area contributed by atoms with Crippen molar-refractivity contribution in [1.82, 2.24) is 10.3 Å². The van der Waals surface area contributed by atoms with Gasteiger partial charge in [-0.25, -0.2) is 9.78 Å². The number of hydrogen-bond acceptors (Lipinski definition) is 9. The van der Waals surface area contributed by atoms with Crippen molar-refractivity contribution in [3.05, 3.63) is 70.4 Å². The Kier molecular flexibility index (Phi) is 9.73. The van der Waals surface area contributed by atoms with Gasteiger partial charge in [-0.15, -0.1) is 0 Å². The summed E-state index contributed by atoms with van der Waals surface area (Å²) < 4.78 is 11.8. The summed E-state index contributed by atoms with van der Waals surface area (Å²) in [5.74, 6) is -1.36. The molecule has 41 heavy (non-hydrogen) atoms. The molecular formula is C32H41N3O6. The lowest BCUT2D eigenvalue weighted by Crippen LogP contribution is -2.51. The largest absolute Gasteiger partial charge is 0.463 e. The van der Waals surface area contributed by atoms with Gasteiger partial charge >= 0.3 is 5.97 Å². The number of nitrogens with one attached hydrogen (secondary N) is 1. The van der Waals surface area contributed by atoms with Gasteiger partial charge < -0.3 is 25.6 Å². The zero-order valence-electron chi connectivity index (χ0n) is 24.2. The lowest BCUT2D eigenvalue weighted by atomic mass is 9.71. The molecule has 220 valence electrons. The van der Waals surface area contributed by atoms with E-state index >= 15 is 0 Å². The highest BCUT2D eigenvalue weighted by molar-refractivity contribution is 6.32. The van der Waals surface area contributed by atoms with Crippen molar-refractivity contribution in [2.24, 2.45) is 5.92 Å². The number of carbonyl (C=O) groups excluding carboxylic acids is 3. The number of unbranched alkanes of at least 4 members (excludes halogenated alkanes) is 1. The molecule has 3 atom stereocenters. The van der Waals surface area contributed by atoms with E-state index in [-0.39, 0.29) is 36.7 Å². The van der Waals surface area contributed by atoms with Gasteiger partial charge in [-0.05, 0) is 56.0 Å². The van der Waals surface area contributed by atoms with Crippen molar-refractivity contribution in [3.8, 4) is 0 Å². The maximum Gasteiger partial charge on any atom is 0.350 e. The number of aliphatic hydroxyl groups excluding tert-OH is 1. The van der Waals surface area contributed by atoms with Gasteiger partial charge in [0.15, 0.2) is 11.4 Å². The summed E-state index contributed by atoms with van der Waals surface area (Å²) in [5, 5.41) is 13.7. The number of fused-ring (bicyclic) bond motifs is 2. The second-order valence-electron chi connectivity index (χ2n) is 11.0. The van der Waals surface area contributed by atoms with E-state index in [0.717, 1.165) is 36.9 Å². The van der Waals surface area contributed by atoms with Crippen LogP contribution in [0.3, 0.4) is 0 Å². The van der Waals surface area contributed by atoms with Gasteiger partial charge in [-0.2, -0.15) is 0 Å². The third-order valence-corrected chi connectivity index (χ3v) is 8.23. The zero-order valence-corrected chi connectivity index (χ0v) is 24.2. The molecule has 2 aromatic rings. The Morgan fingerprint density at radius 2 is 1.90 bits per heavy atom. The monoisotopic (exact) mass is 563 g/mol. The number of rotatable bonds is 15. The molecule has 1 saturated heterocycles. The molecule has 0 saturated carbocycles. The minimum absolute atomic E-state index is 0.0717. The van der Waals surface area contributed by atoms with Crippen molar-refractivity contribution in [1.29, 1.82) is 0 Å². The quantitative estimate of drug-likeness (QED) is 0.127. The smallest absolute Gasteiger partial charge is 0.350 e. The van der Waals surface area contributed by atoms with E-state index in [2.05, 4.69) is 17.2 Å². The predicted molar refractivity (Wildman–Crippen MR) is 156 cm³/mol. The SMILES string of the molecule is CCCCC(CNCC)COC(=O)C12OC1(CC(CO)=C(C)CCc1ccnc(N)c1)C(=O)c1ccccc1C2=O. The van der Waals surface area contributed by atoms with Crippen LogP contribution in [0.25, 0.3) is 0 Å². The van der Waals surface area contributed by atoms with Gasteiger partial charge in [0.05, 0.1) is 13.2 Å². The summed E-state index contributed by atoms with van der Waals surface area (Å²) in [6.07, 6.45) is 5.64. The Morgan fingerprint density at radius 3 is 2.56 bits per heavy atom. The summed E-state index contributed by atoms with van der Waals surface area (Å²) in [7, 11) is 0. The van der Waals surface area contributed by atoms with Crippen LogP contribution in [0.5, 0.6) is 0 Å². The maximum atomic E-state index is 13.9. The number of aryl methyl sites for hydroxylation is 1. The van der Waals surface area contributed by atoms with Crippen molar-refractivity contribution < 1.29 is 29.0 Å². The van der Waals surface area contributed by atoms with Gasteiger partial charge in [0.1, 0.15) is 5.82 Å². The summed E-state index contributed by atoms with van der Waals surface area (Å²) in [4.78, 5) is 45.5. The Labute approximate surface area is 241 Å². The number of esters is 1. The number of ether oxygens (including phenoxy) is 2. The van der Waals surface area contributed by atoms with Crippen LogP contribution < -0.4 is 11.1 Å². The van der Waals surface area contributed by atoms with E-state index in [1.165, 1.54) is 0 Å². The molecule has 0 radical (unpaired) electrons. The molecule has 1 aromatic heterocycles. The minimum Gasteiger partial charge on any atom is -0.463 e. The number of aromatic nitrogens is 1. The highest BCUT2D eigenvalue weighted by Gasteiger charge is 2.85. The Balaban J connectivity index is 1.61. The van der Waals surface area contributed by atoms with Crippen LogP contribution in [0.15, 0.2) is 53.7 Å². The van der Waals surface area contributed by atoms with E-state index in [4.69, 9.17) is 15.2 Å². The number of nitrogen functional groups attached to an aromatic ring is 1. The van der Waals surface area contributed by atoms with E-state index in [0.29, 0.717) is 30.8 Å². The van der Waals surface area contributed by atoms with Crippen molar-refractivity contribution >= 4 is 23.4 Å². The second-order valence-corrected chi connectivity index (χ2v) is 11.0. The third kappa shape index (κ3) is 5.98. The van der Waals surface area contributed by atoms with Gasteiger partial charge in [-0.1, -0.05) is 56.5 Å². The molecule has 1 fully saturated rings. The second kappa shape index (κ2) is 13.1. The topological polar surface area (TPSA) is 144 Å². The van der Waals surface area contributed by atoms with Crippen LogP contribution in [0.4, 0.5) is 5.82 Å². The Hall–Kier alpha value is -3.40. The van der Waals surface area contributed by atoms with Crippen LogP contribution in [0.1, 0.15) is 79.2 Å². The summed E-state index contributed by atoms with van der Waals surface area (Å²) in [6.45, 7) is 7.24. The number of epoxide rings is 1. The van der Waals surface area contributed by atoms with Gasteiger partial charge in [0, 0.05) is 36.2 Å². The lowest BCUT2D eigenvalue weighted by Gasteiger charge is -2.26. The lowest BCUT2D eigenvalue weighted by molar-refractivity contribution is -0.149. The van der Waals surface area contributed by atoms with Gasteiger partial charge in [0.25, 0.3) is 5.60 Å². The van der Waals surface area contributed by atoms with Crippen LogP contribution in [-0.4, -0.2) is 65.1 Å². The van der Waals surface area contributed by atoms with Crippen LogP contribution in [0.2, 0.25) is 0 Å². The fourth-order valence-corrected chi connectivity index (χ4v) is 5.68. The normalized spacial score (nSPS) is 22.4. The Bertz CT molecular complexity index is 1320. The molecular weight excluding hydrogens is 522 g/mol. The number of hydrogen-bond donors (Lipinski definition) is 3. The first kappa shape index (κ1) is 30.6. The fraction of sp³-hybridized carbons (Fsp3) is 0.500. The van der Waals surface area contributed by atoms with Crippen molar-refractivity contribution in [2.45, 2.75) is 70.5 Å². The van der Waals surface area contributed by atoms with E-state index in [1.807, 2.05) is 19.9 Å². The number of anilines is 1. The van der Waals surface area contributed by atoms with Crippen LogP contribution in [0, 0.1) is 5.92 Å². The first-order valence-corrected chi connectivity index (χ1v) is 14.5. The number of ketones is 2. The molecule has 0 amide bonds. The molecule has 0 bridgehead atoms. The number of benzene rings is 1. The number of nitrogens with two attached hydrogens (primary N) is 1. The fourth-order valence-electron chi connectivity index (χ4n) is 5.68. The Morgan fingerprint density at radius 1 is 1.17 bits per heavy atom. The molecule has 2 aliphatic rings. The van der Waals surface area contributed by atoms with Gasteiger partial charge in [-0.3, -0.25) is 9.59 Å². The predicted octanol–water partition coefficient (Wildman–Crippen LogP) is 3.84. The first-order chi connectivity index (χ1) is 19.7. The highest BCUT2D eigenvalue weighted by Crippen LogP contribution is 2.59. The molecule has 0 spiro atoms. The number of nitrogens with zero attached hydrogens (tertiary/aromatic N) is 1. The van der Waals surface area contributed by atoms with Crippen LogP contribution in [-0.2, 0) is 20.7 Å². The summed E-state index contributed by atoms with van der Waals surface area (Å²) in [6, 6.07) is 10.1. The zero-order chi connectivity index (χ0) is 29.6. The number of aliphatic hydroxyl groups is 1. The standard InChI is InChI=1S/C32H41N3O6/c1-4-6-9-23(18-34-5-2)20-40-30(39)32-29(38)26-11-8-7-10-25(26)28(37)31(32,41-32)17-24(19-36)21(3)12-13-22-14-15-35-27(33)16-22/h7-8,10-11,14-16,23,34,36H,4-6,9,12-13,17-20H2,1-3H3,(H2,33,35). The van der Waals surface area contributed by atoms with Gasteiger partial charge in [0.2, 0.25) is 5.78 Å². The van der Waals surface area contributed by atoms with E-state index in [1.54, 1.807) is 36.5 Å². The molecule has 4 rings (SSSR count). The summed E-state index contributed by atoms with van der Waals surface area (Å²) in [5.41, 5.74) is 4.74. The molecule has 4 N–H and O–H groups in total. The highest BCUT2D eigenvalue weighted by atomic mass is 16.7. The number of carbonyl (C=O) groups is 3. The van der Waals surface area contributed by atoms with Crippen molar-refractivity contribution in [3.63, 3.8) is 0 Å². The van der Waals surface area contributed by atoms with Crippen molar-refractivity contribution in [2.75, 3.05) is 32.0 Å². The molecule has 9 nitrogen and oxygen atoms in total. The molecule has 1 aliphatic carbocycles. The first-order valence-electron chi connectivity index (χ1n) is 14.5. The average molecular weight is 564 g/mol. The van der Waals surface area contributed by atoms with E-state index in [9.17, 15) is 19.5 Å². The third-order valence-electron chi connectivity index (χ3n) is 8.23. The number of pyridine rings is 1. The molecule has 1 aromatic carbocycles. The number of allylic oxidation sites excluding steroid dienone is 1. The summed E-state index contributed by atoms with van der Waals surface area (Å²) >= 11 is 0. The van der Waals surface area contributed by atoms with E-state index < -0.39 is 28.7 Å². The van der Waals surface area contributed by atoms with Crippen LogP contribution >= 0.6 is 0 Å². The average Bonchev–Trinajstić information content (AvgIpc) is 3.68. The molecule has 2 heterocycles. The minimum atomic E-state index is -2.06.